The zero-order chi connectivity index (χ0) is 36.2. The maximum Gasteiger partial charge on any atom is 0.336 e. The summed E-state index contributed by atoms with van der Waals surface area (Å²) in [6, 6.07) is 10.3. The lowest BCUT2D eigenvalue weighted by Crippen LogP contribution is -2.56. The van der Waals surface area contributed by atoms with Crippen molar-refractivity contribution in [2.24, 2.45) is 0 Å². The largest absolute Gasteiger partial charge is 0.478 e. The van der Waals surface area contributed by atoms with Crippen molar-refractivity contribution in [3.63, 3.8) is 0 Å². The van der Waals surface area contributed by atoms with Gasteiger partial charge in [-0.25, -0.2) is 22.5 Å². The molecule has 3 heterocycles. The van der Waals surface area contributed by atoms with Crippen molar-refractivity contribution < 1.29 is 41.9 Å². The molecule has 6 rings (SSSR count). The fourth-order valence-corrected chi connectivity index (χ4v) is 8.48. The van der Waals surface area contributed by atoms with Crippen molar-refractivity contribution in [1.29, 1.82) is 0 Å². The lowest BCUT2D eigenvalue weighted by atomic mass is 9.85. The topological polar surface area (TPSA) is 79.1 Å². The van der Waals surface area contributed by atoms with Crippen LogP contribution in [0.3, 0.4) is 0 Å². The van der Waals surface area contributed by atoms with Crippen molar-refractivity contribution in [3.8, 4) is 0 Å². The Balaban J connectivity index is 1.21. The Hall–Kier alpha value is -3.51. The second kappa shape index (κ2) is 16.0. The molecule has 2 aromatic rings. The Kier molecular flexibility index (Phi) is 11.7. The molecule has 12 heteroatoms. The molecule has 0 unspecified atom stereocenters. The van der Waals surface area contributed by atoms with Crippen LogP contribution in [0.4, 0.5) is 18.9 Å². The van der Waals surface area contributed by atoms with E-state index in [-0.39, 0.29) is 53.5 Å². The Bertz CT molecular complexity index is 1790. The van der Waals surface area contributed by atoms with Gasteiger partial charge in [0.1, 0.15) is 9.52 Å². The molecule has 0 bridgehead atoms. The van der Waals surface area contributed by atoms with Gasteiger partial charge in [0.15, 0.2) is 24.6 Å². The van der Waals surface area contributed by atoms with E-state index in [9.17, 15) is 27.9 Å². The summed E-state index contributed by atoms with van der Waals surface area (Å²) in [4.78, 5) is 27.7. The Morgan fingerprint density at radius 1 is 0.922 bits per heavy atom. The molecule has 1 aliphatic carbocycles. The Morgan fingerprint density at radius 2 is 1.65 bits per heavy atom. The number of fused-ring (bicyclic) bond motifs is 2. The molecule has 2 aromatic carbocycles. The average Bonchev–Trinajstić information content (AvgIpc) is 3.08. The molecule has 270 valence electrons. The van der Waals surface area contributed by atoms with Gasteiger partial charge in [-0.1, -0.05) is 25.0 Å². The van der Waals surface area contributed by atoms with Gasteiger partial charge < -0.3 is 19.5 Å². The SMILES string of the molecule is CC1(F)C[N+](=C2C=CC3=C(c4cc(C(=O)CCCOCCOCCCCCCCl)ccc4C(=O)O)c4ccc(N5CC(F)(F)C5)cc4[Si]C3=C2)C1. The smallest absolute Gasteiger partial charge is 0.336 e. The van der Waals surface area contributed by atoms with Gasteiger partial charge in [-0.05, 0) is 89.2 Å². The predicted molar refractivity (Wildman–Crippen MR) is 195 cm³/mol. The number of ketones is 1. The number of hydrogen-bond donors (Lipinski definition) is 1. The van der Waals surface area contributed by atoms with Crippen molar-refractivity contribution in [3.05, 3.63) is 87.6 Å². The maximum absolute atomic E-state index is 14.4. The number of unbranched alkanes of at least 4 members (excludes halogenated alkanes) is 3. The molecular weight excluding hydrogens is 697 g/mol. The van der Waals surface area contributed by atoms with Gasteiger partial charge in [-0.3, -0.25) is 4.79 Å². The highest BCUT2D eigenvalue weighted by molar-refractivity contribution is 6.65. The van der Waals surface area contributed by atoms with Crippen molar-refractivity contribution in [2.75, 3.05) is 63.4 Å². The molecule has 2 radical (unpaired) electrons. The fraction of sp³-hybridized carbons (Fsp3) is 0.462. The van der Waals surface area contributed by atoms with Gasteiger partial charge in [0.25, 0.3) is 5.92 Å². The number of aromatic carboxylic acids is 1. The monoisotopic (exact) mass is 739 g/mol. The van der Waals surface area contributed by atoms with Gasteiger partial charge in [-0.15, -0.1) is 11.6 Å². The lowest BCUT2D eigenvalue weighted by molar-refractivity contribution is -0.619. The predicted octanol–water partition coefficient (Wildman–Crippen LogP) is 6.43. The zero-order valence-electron chi connectivity index (χ0n) is 28.8. The van der Waals surface area contributed by atoms with E-state index in [4.69, 9.17) is 21.1 Å². The summed E-state index contributed by atoms with van der Waals surface area (Å²) in [7, 11) is 0.161. The highest BCUT2D eigenvalue weighted by Crippen LogP contribution is 2.39. The molecule has 7 nitrogen and oxygen atoms in total. The van der Waals surface area contributed by atoms with Crippen LogP contribution in [-0.4, -0.2) is 107 Å². The molecule has 3 aliphatic heterocycles. The number of carboxylic acids is 1. The molecule has 1 N–H and O–H groups in total. The number of rotatable bonds is 17. The van der Waals surface area contributed by atoms with Crippen molar-refractivity contribution in [2.45, 2.75) is 57.0 Å². The summed E-state index contributed by atoms with van der Waals surface area (Å²) < 4.78 is 55.2. The van der Waals surface area contributed by atoms with Crippen LogP contribution >= 0.6 is 11.6 Å². The van der Waals surface area contributed by atoms with Gasteiger partial charge in [0.2, 0.25) is 5.67 Å². The van der Waals surface area contributed by atoms with Gasteiger partial charge >= 0.3 is 5.97 Å². The van der Waals surface area contributed by atoms with E-state index in [1.54, 1.807) is 30.0 Å². The molecule has 2 saturated heterocycles. The number of carbonyl (C=O) groups is 2. The van der Waals surface area contributed by atoms with E-state index in [2.05, 4.69) is 0 Å². The van der Waals surface area contributed by atoms with E-state index >= 15 is 0 Å². The third-order valence-corrected chi connectivity index (χ3v) is 11.1. The molecule has 2 fully saturated rings. The molecule has 0 aromatic heterocycles. The van der Waals surface area contributed by atoms with Crippen LogP contribution in [-0.2, 0) is 9.47 Å². The first-order valence-electron chi connectivity index (χ1n) is 17.6. The second-order valence-corrected chi connectivity index (χ2v) is 15.6. The molecule has 0 atom stereocenters. The number of nitrogens with zero attached hydrogens (tertiary/aromatic N) is 2. The van der Waals surface area contributed by atoms with Crippen LogP contribution in [0.2, 0.25) is 0 Å². The number of carboxylic acid groups (broad SMARTS) is 1. The van der Waals surface area contributed by atoms with E-state index in [1.165, 1.54) is 6.07 Å². The normalized spacial score (nSPS) is 20.4. The van der Waals surface area contributed by atoms with E-state index < -0.39 is 17.6 Å². The molecule has 0 amide bonds. The van der Waals surface area contributed by atoms with Crippen LogP contribution < -0.4 is 10.1 Å². The highest BCUT2D eigenvalue weighted by atomic mass is 35.5. The summed E-state index contributed by atoms with van der Waals surface area (Å²) in [5.74, 6) is -3.29. The number of ether oxygens (including phenoxy) is 2. The Morgan fingerprint density at radius 3 is 2.33 bits per heavy atom. The van der Waals surface area contributed by atoms with E-state index in [0.29, 0.717) is 61.1 Å². The molecular formula is C39H43ClF3N2O5Si+. The van der Waals surface area contributed by atoms with Crippen LogP contribution in [0.25, 0.3) is 5.57 Å². The minimum atomic E-state index is -2.73. The summed E-state index contributed by atoms with van der Waals surface area (Å²) in [5.41, 5.74) is 3.43. The number of anilines is 1. The summed E-state index contributed by atoms with van der Waals surface area (Å²) >= 11 is 5.70. The molecule has 0 saturated carbocycles. The first-order chi connectivity index (χ1) is 24.4. The number of Topliss-reactive ketones (excluding diaryl/α,β-unsaturated/α-hetero) is 1. The number of carbonyl (C=O) groups excluding carboxylic acids is 1. The zero-order valence-corrected chi connectivity index (χ0v) is 30.5. The number of allylic oxidation sites excluding steroid dienone is 5. The molecule has 0 spiro atoms. The minimum Gasteiger partial charge on any atom is -0.478 e. The lowest BCUT2D eigenvalue weighted by Gasteiger charge is -2.41. The third-order valence-electron chi connectivity index (χ3n) is 9.51. The minimum absolute atomic E-state index is 0.0533. The van der Waals surface area contributed by atoms with Crippen LogP contribution in [0.1, 0.15) is 77.3 Å². The van der Waals surface area contributed by atoms with Gasteiger partial charge in [-0.2, -0.15) is 0 Å². The van der Waals surface area contributed by atoms with Crippen LogP contribution in [0.5, 0.6) is 0 Å². The van der Waals surface area contributed by atoms with Crippen molar-refractivity contribution >= 4 is 55.0 Å². The number of benzene rings is 2. The summed E-state index contributed by atoms with van der Waals surface area (Å²) in [5, 5.41) is 12.1. The van der Waals surface area contributed by atoms with Gasteiger partial charge in [0, 0.05) is 48.9 Å². The second-order valence-electron chi connectivity index (χ2n) is 13.9. The highest BCUT2D eigenvalue weighted by Gasteiger charge is 2.46. The number of hydrogen-bond acceptors (Lipinski definition) is 5. The number of halogens is 4. The summed E-state index contributed by atoms with van der Waals surface area (Å²) in [6.45, 7) is 3.43. The van der Waals surface area contributed by atoms with Crippen molar-refractivity contribution in [1.82, 2.24) is 0 Å². The van der Waals surface area contributed by atoms with E-state index in [0.717, 1.165) is 52.9 Å². The third kappa shape index (κ3) is 8.93. The quantitative estimate of drug-likeness (QED) is 0.0663. The summed E-state index contributed by atoms with van der Waals surface area (Å²) in [6.07, 6.45) is 10.8. The fourth-order valence-electron chi connectivity index (χ4n) is 6.87. The molecule has 4 aliphatic rings. The average molecular weight is 740 g/mol. The first kappa shape index (κ1) is 37.3. The Labute approximate surface area is 304 Å². The van der Waals surface area contributed by atoms with Crippen LogP contribution in [0.15, 0.2) is 65.4 Å². The van der Waals surface area contributed by atoms with Crippen LogP contribution in [0, 0.1) is 0 Å². The van der Waals surface area contributed by atoms with Gasteiger partial charge in [0.05, 0.1) is 31.9 Å². The molecule has 51 heavy (non-hydrogen) atoms. The van der Waals surface area contributed by atoms with E-state index in [1.807, 2.05) is 34.9 Å². The standard InChI is InChI=1S/C39H42ClF3N2O5Si/c1-38(41)22-44(23-38)27-9-12-30-34(20-27)51-35-21-28(45-24-39(42,43)25-45)10-13-31(35)36(30)32-19-26(8-11-29(32)37(47)48)33(46)7-6-16-50-18-17-49-15-5-3-2-4-14-40/h8-13,19-21H,2-7,14-18,22-25H2,1H3/p+1. The maximum atomic E-state index is 14.4. The number of alkyl halides is 4. The first-order valence-corrected chi connectivity index (χ1v) is 19.1.